The summed E-state index contributed by atoms with van der Waals surface area (Å²) in [5.74, 6) is 3.23. The van der Waals surface area contributed by atoms with Crippen molar-refractivity contribution >= 4 is 5.91 Å². The lowest BCUT2D eigenvalue weighted by molar-refractivity contribution is -0.122. The van der Waals surface area contributed by atoms with Gasteiger partial charge in [-0.1, -0.05) is 19.8 Å². The van der Waals surface area contributed by atoms with Crippen molar-refractivity contribution in [3.63, 3.8) is 0 Å². The normalized spacial score (nSPS) is 13.8. The van der Waals surface area contributed by atoms with Gasteiger partial charge in [-0.15, -0.1) is 12.3 Å². The number of hydrogen-bond donors (Lipinski definition) is 2. The molecular weight excluding hydrogens is 212 g/mol. The average Bonchev–Trinajstić information content (AvgIpc) is 2.27. The summed E-state index contributed by atoms with van der Waals surface area (Å²) in [5, 5.41) is 2.91. The molecule has 0 bridgehead atoms. The predicted molar refractivity (Wildman–Crippen MR) is 72.4 cm³/mol. The first kappa shape index (κ1) is 16.0. The molecule has 3 nitrogen and oxygen atoms in total. The molecule has 0 aromatic rings. The van der Waals surface area contributed by atoms with Crippen molar-refractivity contribution in [1.29, 1.82) is 0 Å². The van der Waals surface area contributed by atoms with Gasteiger partial charge in [0.25, 0.3) is 0 Å². The molecule has 0 aliphatic heterocycles. The molecule has 0 radical (unpaired) electrons. The summed E-state index contributed by atoms with van der Waals surface area (Å²) in [5.41, 5.74) is 5.56. The second kappa shape index (κ2) is 10.2. The van der Waals surface area contributed by atoms with Gasteiger partial charge < -0.3 is 11.1 Å². The van der Waals surface area contributed by atoms with Crippen LogP contribution in [0.1, 0.15) is 52.4 Å². The topological polar surface area (TPSA) is 55.1 Å². The zero-order chi connectivity index (χ0) is 13.1. The summed E-state index contributed by atoms with van der Waals surface area (Å²) in [6, 6.07) is 0.0756. The zero-order valence-electron chi connectivity index (χ0n) is 11.2. The molecule has 2 unspecified atom stereocenters. The third-order valence-corrected chi connectivity index (χ3v) is 2.88. The van der Waals surface area contributed by atoms with Gasteiger partial charge in [0, 0.05) is 18.9 Å². The number of hydrogen-bond acceptors (Lipinski definition) is 2. The van der Waals surface area contributed by atoms with E-state index in [0.29, 0.717) is 25.3 Å². The van der Waals surface area contributed by atoms with Crippen molar-refractivity contribution in [2.24, 2.45) is 11.7 Å². The number of terminal acetylenes is 1. The maximum Gasteiger partial charge on any atom is 0.220 e. The lowest BCUT2D eigenvalue weighted by Gasteiger charge is -2.16. The van der Waals surface area contributed by atoms with Crippen LogP contribution in [0.5, 0.6) is 0 Å². The fourth-order valence-corrected chi connectivity index (χ4v) is 1.99. The Bertz CT molecular complexity index is 239. The van der Waals surface area contributed by atoms with E-state index in [1.54, 1.807) is 0 Å². The molecule has 0 aliphatic carbocycles. The second-order valence-corrected chi connectivity index (χ2v) is 4.65. The van der Waals surface area contributed by atoms with E-state index in [9.17, 15) is 4.79 Å². The first-order valence-electron chi connectivity index (χ1n) is 6.56. The van der Waals surface area contributed by atoms with Crippen LogP contribution in [0.15, 0.2) is 0 Å². The van der Waals surface area contributed by atoms with E-state index in [1.807, 2.05) is 6.92 Å². The number of rotatable bonds is 9. The molecule has 0 saturated carbocycles. The minimum absolute atomic E-state index is 0.0756. The van der Waals surface area contributed by atoms with Gasteiger partial charge in [-0.3, -0.25) is 4.79 Å². The van der Waals surface area contributed by atoms with E-state index in [1.165, 1.54) is 0 Å². The monoisotopic (exact) mass is 238 g/mol. The molecular formula is C14H26N2O. The van der Waals surface area contributed by atoms with Crippen molar-refractivity contribution in [3.8, 4) is 12.3 Å². The van der Waals surface area contributed by atoms with Crippen molar-refractivity contribution in [2.75, 3.05) is 6.54 Å². The average molecular weight is 238 g/mol. The van der Waals surface area contributed by atoms with Crippen molar-refractivity contribution < 1.29 is 4.79 Å². The molecule has 0 aromatic heterocycles. The SMILES string of the molecule is C#CCC(C)NC(=O)CCC(CCC)CCN. The summed E-state index contributed by atoms with van der Waals surface area (Å²) < 4.78 is 0. The molecule has 0 aromatic carbocycles. The highest BCUT2D eigenvalue weighted by Crippen LogP contribution is 2.16. The van der Waals surface area contributed by atoms with Crippen LogP contribution in [0.3, 0.4) is 0 Å². The molecule has 0 heterocycles. The van der Waals surface area contributed by atoms with E-state index in [4.69, 9.17) is 12.2 Å². The number of amides is 1. The van der Waals surface area contributed by atoms with E-state index >= 15 is 0 Å². The molecule has 3 heteroatoms. The molecule has 1 amide bonds. The van der Waals surface area contributed by atoms with Gasteiger partial charge in [0.1, 0.15) is 0 Å². The summed E-state index contributed by atoms with van der Waals surface area (Å²) in [4.78, 5) is 11.6. The standard InChI is InChI=1S/C14H26N2O/c1-4-6-12(3)16-14(17)9-8-13(7-5-2)10-11-15/h1,12-13H,5-11,15H2,2-3H3,(H,16,17). The zero-order valence-corrected chi connectivity index (χ0v) is 11.2. The Morgan fingerprint density at radius 3 is 2.65 bits per heavy atom. The van der Waals surface area contributed by atoms with Crippen LogP contribution in [-0.4, -0.2) is 18.5 Å². The minimum Gasteiger partial charge on any atom is -0.353 e. The fourth-order valence-electron chi connectivity index (χ4n) is 1.99. The van der Waals surface area contributed by atoms with Crippen LogP contribution in [0.4, 0.5) is 0 Å². The Labute approximate surface area is 106 Å². The van der Waals surface area contributed by atoms with Gasteiger partial charge in [-0.05, 0) is 32.2 Å². The van der Waals surface area contributed by atoms with Gasteiger partial charge in [-0.2, -0.15) is 0 Å². The van der Waals surface area contributed by atoms with Crippen LogP contribution in [0, 0.1) is 18.3 Å². The van der Waals surface area contributed by atoms with E-state index < -0.39 is 0 Å². The summed E-state index contributed by atoms with van der Waals surface area (Å²) >= 11 is 0. The van der Waals surface area contributed by atoms with Gasteiger partial charge in [0.15, 0.2) is 0 Å². The lowest BCUT2D eigenvalue weighted by Crippen LogP contribution is -2.32. The molecule has 0 aliphatic rings. The van der Waals surface area contributed by atoms with Crippen LogP contribution in [0.25, 0.3) is 0 Å². The van der Waals surface area contributed by atoms with Gasteiger partial charge in [0.05, 0.1) is 0 Å². The highest BCUT2D eigenvalue weighted by atomic mass is 16.1. The summed E-state index contributed by atoms with van der Waals surface area (Å²) in [6.45, 7) is 4.81. The Balaban J connectivity index is 3.83. The molecule has 98 valence electrons. The first-order chi connectivity index (χ1) is 8.13. The smallest absolute Gasteiger partial charge is 0.220 e. The van der Waals surface area contributed by atoms with Crippen molar-refractivity contribution in [2.45, 2.75) is 58.4 Å². The van der Waals surface area contributed by atoms with Gasteiger partial charge in [-0.25, -0.2) is 0 Å². The predicted octanol–water partition coefficient (Wildman–Crippen LogP) is 2.06. The highest BCUT2D eigenvalue weighted by Gasteiger charge is 2.11. The Hall–Kier alpha value is -1.01. The van der Waals surface area contributed by atoms with E-state index in [0.717, 1.165) is 25.7 Å². The van der Waals surface area contributed by atoms with E-state index in [2.05, 4.69) is 18.2 Å². The quantitative estimate of drug-likeness (QED) is 0.604. The Morgan fingerprint density at radius 1 is 1.41 bits per heavy atom. The Morgan fingerprint density at radius 2 is 2.12 bits per heavy atom. The fraction of sp³-hybridized carbons (Fsp3) is 0.786. The number of carbonyl (C=O) groups is 1. The molecule has 17 heavy (non-hydrogen) atoms. The van der Waals surface area contributed by atoms with Crippen LogP contribution >= 0.6 is 0 Å². The molecule has 0 rings (SSSR count). The highest BCUT2D eigenvalue weighted by molar-refractivity contribution is 5.76. The van der Waals surface area contributed by atoms with Crippen LogP contribution in [0.2, 0.25) is 0 Å². The number of nitrogens with two attached hydrogens (primary N) is 1. The van der Waals surface area contributed by atoms with Crippen molar-refractivity contribution in [3.05, 3.63) is 0 Å². The van der Waals surface area contributed by atoms with Gasteiger partial charge >= 0.3 is 0 Å². The molecule has 3 N–H and O–H groups in total. The number of carbonyl (C=O) groups excluding carboxylic acids is 1. The third kappa shape index (κ3) is 8.76. The largest absolute Gasteiger partial charge is 0.353 e. The van der Waals surface area contributed by atoms with Crippen LogP contribution in [-0.2, 0) is 4.79 Å². The number of nitrogens with one attached hydrogen (secondary N) is 1. The molecule has 2 atom stereocenters. The second-order valence-electron chi connectivity index (χ2n) is 4.65. The summed E-state index contributed by atoms with van der Waals surface area (Å²) in [6.07, 6.45) is 10.6. The van der Waals surface area contributed by atoms with Crippen LogP contribution < -0.4 is 11.1 Å². The first-order valence-corrected chi connectivity index (χ1v) is 6.56. The Kier molecular flexibility index (Phi) is 9.56. The maximum absolute atomic E-state index is 11.6. The third-order valence-electron chi connectivity index (χ3n) is 2.88. The maximum atomic E-state index is 11.6. The molecule has 0 saturated heterocycles. The molecule has 0 fully saturated rings. The van der Waals surface area contributed by atoms with Crippen molar-refractivity contribution in [1.82, 2.24) is 5.32 Å². The minimum atomic E-state index is 0.0756. The lowest BCUT2D eigenvalue weighted by atomic mass is 9.94. The van der Waals surface area contributed by atoms with Gasteiger partial charge in [0.2, 0.25) is 5.91 Å². The molecule has 0 spiro atoms. The summed E-state index contributed by atoms with van der Waals surface area (Å²) in [7, 11) is 0. The van der Waals surface area contributed by atoms with E-state index in [-0.39, 0.29) is 11.9 Å².